The van der Waals surface area contributed by atoms with Crippen LogP contribution in [0.25, 0.3) is 16.8 Å². The van der Waals surface area contributed by atoms with Gasteiger partial charge in [-0.15, -0.1) is 0 Å². The van der Waals surface area contributed by atoms with Gasteiger partial charge in [-0.2, -0.15) is 9.61 Å². The third-order valence-electron chi connectivity index (χ3n) is 8.40. The molecular formula is C30H34F2N6O5S. The molecule has 14 heteroatoms. The number of fused-ring (bicyclic) bond motifs is 1. The highest BCUT2D eigenvalue weighted by molar-refractivity contribution is 7.90. The van der Waals surface area contributed by atoms with E-state index in [-0.39, 0.29) is 66.4 Å². The first-order chi connectivity index (χ1) is 20.9. The van der Waals surface area contributed by atoms with Crippen LogP contribution in [0.4, 0.5) is 20.4 Å². The van der Waals surface area contributed by atoms with Crippen molar-refractivity contribution in [3.05, 3.63) is 71.7 Å². The van der Waals surface area contributed by atoms with Gasteiger partial charge in [-0.05, 0) is 66.1 Å². The van der Waals surface area contributed by atoms with Crippen molar-refractivity contribution in [2.45, 2.75) is 43.4 Å². The Morgan fingerprint density at radius 3 is 2.59 bits per heavy atom. The summed E-state index contributed by atoms with van der Waals surface area (Å²) in [6.07, 6.45) is 7.27. The number of nitrogens with zero attached hydrogens (tertiary/aromatic N) is 4. The number of imidazole rings is 1. The largest absolute Gasteiger partial charge is 0.380 e. The van der Waals surface area contributed by atoms with Crippen molar-refractivity contribution in [2.24, 2.45) is 11.7 Å². The van der Waals surface area contributed by atoms with Crippen LogP contribution in [0.15, 0.2) is 48.9 Å². The van der Waals surface area contributed by atoms with E-state index in [2.05, 4.69) is 20.4 Å². The summed E-state index contributed by atoms with van der Waals surface area (Å²) in [5, 5.41) is 18.3. The van der Waals surface area contributed by atoms with Gasteiger partial charge in [0.25, 0.3) is 0 Å². The Morgan fingerprint density at radius 2 is 1.93 bits per heavy atom. The fourth-order valence-electron chi connectivity index (χ4n) is 6.08. The number of ether oxygens (including phenoxy) is 2. The summed E-state index contributed by atoms with van der Waals surface area (Å²) in [7, 11) is -3.13. The summed E-state index contributed by atoms with van der Waals surface area (Å²) in [4.78, 5) is 8.73. The minimum atomic E-state index is -3.13. The maximum atomic E-state index is 15.2. The molecule has 3 aromatic heterocycles. The monoisotopic (exact) mass is 628 g/mol. The Balaban J connectivity index is 1.24. The molecule has 4 unspecified atom stereocenters. The zero-order valence-electron chi connectivity index (χ0n) is 24.3. The maximum absolute atomic E-state index is 15.2. The van der Waals surface area contributed by atoms with Crippen LogP contribution in [0.2, 0.25) is 0 Å². The van der Waals surface area contributed by atoms with Crippen LogP contribution >= 0.6 is 0 Å². The number of nitrogens with two attached hydrogens (primary N) is 1. The molecule has 234 valence electrons. The number of hydrogen-bond acceptors (Lipinski definition) is 10. The number of sulfone groups is 1. The normalized spacial score (nSPS) is 23.4. The van der Waals surface area contributed by atoms with Gasteiger partial charge in [0.05, 0.1) is 66.5 Å². The van der Waals surface area contributed by atoms with Crippen LogP contribution in [0.5, 0.6) is 0 Å². The van der Waals surface area contributed by atoms with Crippen LogP contribution in [0, 0.1) is 17.6 Å². The van der Waals surface area contributed by atoms with Gasteiger partial charge in [0.2, 0.25) is 5.95 Å². The van der Waals surface area contributed by atoms with E-state index in [0.29, 0.717) is 23.6 Å². The minimum Gasteiger partial charge on any atom is -0.380 e. The first-order valence-electron chi connectivity index (χ1n) is 14.3. The van der Waals surface area contributed by atoms with E-state index < -0.39 is 27.1 Å². The highest BCUT2D eigenvalue weighted by Gasteiger charge is 2.39. The number of hydrogen-bond donors (Lipinski definition) is 3. The minimum absolute atomic E-state index is 0.0265. The molecule has 0 spiro atoms. The van der Waals surface area contributed by atoms with E-state index in [1.165, 1.54) is 16.8 Å². The quantitative estimate of drug-likeness (QED) is 0.252. The SMILES string of the molecule is CC1CC(c2ccncc2Nc2ncc3ccc(-c4c(F)cc(C5(O)COC5)cc4F)nn23)CC(N)C1OCCS(C)(=O)=O. The van der Waals surface area contributed by atoms with Gasteiger partial charge < -0.3 is 25.6 Å². The van der Waals surface area contributed by atoms with E-state index in [1.807, 2.05) is 13.0 Å². The van der Waals surface area contributed by atoms with Gasteiger partial charge in [-0.25, -0.2) is 22.2 Å². The lowest BCUT2D eigenvalue weighted by molar-refractivity contribution is -0.184. The molecule has 4 N–H and O–H groups in total. The molecule has 0 radical (unpaired) electrons. The van der Waals surface area contributed by atoms with Crippen molar-refractivity contribution in [1.82, 2.24) is 19.6 Å². The third kappa shape index (κ3) is 6.04. The standard InChI is InChI=1S/C30H34F2N6O5S/c1-17-9-18(10-24(33)28(17)43-7-8-44(2,40)41)21-5-6-34-14-26(21)36-29-35-13-20-3-4-25(37-38(20)29)27-22(31)11-19(12-23(27)32)30(39)15-42-16-30/h3-6,11-14,17-18,24,28,39H,7-10,15-16,33H2,1-2H3,(H,35,36). The van der Waals surface area contributed by atoms with E-state index in [1.54, 1.807) is 24.7 Å². The summed E-state index contributed by atoms with van der Waals surface area (Å²) >= 11 is 0. The lowest BCUT2D eigenvalue weighted by Gasteiger charge is -2.39. The van der Waals surface area contributed by atoms with Gasteiger partial charge in [0.15, 0.2) is 0 Å². The predicted molar refractivity (Wildman–Crippen MR) is 159 cm³/mol. The second-order valence-corrected chi connectivity index (χ2v) is 14.1. The highest BCUT2D eigenvalue weighted by atomic mass is 32.2. The summed E-state index contributed by atoms with van der Waals surface area (Å²) in [5.74, 6) is -1.29. The van der Waals surface area contributed by atoms with Crippen molar-refractivity contribution in [3.8, 4) is 11.3 Å². The summed E-state index contributed by atoms with van der Waals surface area (Å²) in [5.41, 5.74) is 7.22. The molecule has 6 rings (SSSR count). The number of aromatic nitrogens is 4. The van der Waals surface area contributed by atoms with Crippen molar-refractivity contribution < 1.29 is 31.8 Å². The Bertz CT molecular complexity index is 1760. The van der Waals surface area contributed by atoms with E-state index in [9.17, 15) is 13.5 Å². The number of pyridine rings is 1. The molecule has 2 aliphatic rings. The fourth-order valence-corrected chi connectivity index (χ4v) is 6.48. The molecule has 0 amide bonds. The van der Waals surface area contributed by atoms with E-state index in [0.717, 1.165) is 24.1 Å². The molecule has 1 aliphatic carbocycles. The van der Waals surface area contributed by atoms with Gasteiger partial charge >= 0.3 is 0 Å². The first kappa shape index (κ1) is 30.5. The number of aliphatic hydroxyl groups is 1. The molecule has 4 aromatic rings. The molecule has 1 aromatic carbocycles. The van der Waals surface area contributed by atoms with Crippen LogP contribution in [0.3, 0.4) is 0 Å². The van der Waals surface area contributed by atoms with Crippen LogP contribution < -0.4 is 11.1 Å². The second-order valence-electron chi connectivity index (χ2n) is 11.8. The van der Waals surface area contributed by atoms with Crippen LogP contribution in [-0.4, -0.2) is 77.1 Å². The van der Waals surface area contributed by atoms with Crippen molar-refractivity contribution in [2.75, 3.05) is 37.1 Å². The van der Waals surface area contributed by atoms with E-state index >= 15 is 8.78 Å². The Hall–Kier alpha value is -3.56. The Morgan fingerprint density at radius 1 is 1.18 bits per heavy atom. The van der Waals surface area contributed by atoms with Gasteiger partial charge in [-0.3, -0.25) is 4.98 Å². The Labute approximate surface area is 253 Å². The molecular weight excluding hydrogens is 594 g/mol. The van der Waals surface area contributed by atoms with Gasteiger partial charge in [0, 0.05) is 18.5 Å². The number of halogens is 2. The first-order valence-corrected chi connectivity index (χ1v) is 16.4. The predicted octanol–water partition coefficient (Wildman–Crippen LogP) is 3.30. The Kier molecular flexibility index (Phi) is 8.13. The number of nitrogens with one attached hydrogen (secondary N) is 1. The second kappa shape index (κ2) is 11.7. The maximum Gasteiger partial charge on any atom is 0.229 e. The zero-order chi connectivity index (χ0) is 31.2. The summed E-state index contributed by atoms with van der Waals surface area (Å²) in [6.45, 7) is 2.10. The zero-order valence-corrected chi connectivity index (χ0v) is 25.1. The molecule has 0 bridgehead atoms. The molecule has 1 saturated heterocycles. The lowest BCUT2D eigenvalue weighted by atomic mass is 9.74. The van der Waals surface area contributed by atoms with Crippen LogP contribution in [-0.2, 0) is 24.9 Å². The van der Waals surface area contributed by atoms with Gasteiger partial charge in [0.1, 0.15) is 27.1 Å². The van der Waals surface area contributed by atoms with Crippen LogP contribution in [0.1, 0.15) is 36.8 Å². The number of rotatable bonds is 9. The summed E-state index contributed by atoms with van der Waals surface area (Å²) in [6, 6.07) is 7.01. The van der Waals surface area contributed by atoms with E-state index in [4.69, 9.17) is 15.2 Å². The average molecular weight is 629 g/mol. The molecule has 44 heavy (non-hydrogen) atoms. The average Bonchev–Trinajstić information content (AvgIpc) is 3.34. The number of benzene rings is 1. The molecule has 1 aliphatic heterocycles. The molecule has 1 saturated carbocycles. The van der Waals surface area contributed by atoms with Crippen molar-refractivity contribution in [1.29, 1.82) is 0 Å². The summed E-state index contributed by atoms with van der Waals surface area (Å²) < 4.78 is 65.8. The topological polar surface area (TPSA) is 154 Å². The molecule has 4 atom stereocenters. The highest BCUT2D eigenvalue weighted by Crippen LogP contribution is 2.40. The molecule has 2 fully saturated rings. The fraction of sp³-hybridized carbons (Fsp3) is 0.433. The third-order valence-corrected chi connectivity index (χ3v) is 9.31. The van der Waals surface area contributed by atoms with Crippen molar-refractivity contribution in [3.63, 3.8) is 0 Å². The smallest absolute Gasteiger partial charge is 0.229 e. The molecule has 11 nitrogen and oxygen atoms in total. The van der Waals surface area contributed by atoms with Crippen molar-refractivity contribution >= 4 is 27.0 Å². The number of anilines is 2. The lowest BCUT2D eigenvalue weighted by Crippen LogP contribution is -2.47. The molecule has 4 heterocycles. The van der Waals surface area contributed by atoms with Gasteiger partial charge in [-0.1, -0.05) is 6.92 Å².